The van der Waals surface area contributed by atoms with Gasteiger partial charge in [-0.3, -0.25) is 0 Å². The number of benzene rings is 8. The van der Waals surface area contributed by atoms with Crippen LogP contribution < -0.4 is 4.90 Å². The molecule has 0 N–H and O–H groups in total. The minimum atomic E-state index is 0.262. The molecular weight excluding hydrogens is 659 g/mol. The third kappa shape index (κ3) is 4.63. The number of hydrogen-bond acceptors (Lipinski definition) is 1. The van der Waals surface area contributed by atoms with Crippen molar-refractivity contribution in [2.45, 2.75) is 0 Å². The van der Waals surface area contributed by atoms with Gasteiger partial charge < -0.3 is 0 Å². The van der Waals surface area contributed by atoms with E-state index in [1.165, 1.54) is 63.0 Å². The van der Waals surface area contributed by atoms with E-state index in [0.717, 1.165) is 22.7 Å². The Bertz CT molecular complexity index is 2830. The van der Waals surface area contributed by atoms with Gasteiger partial charge in [-0.1, -0.05) is 6.07 Å². The molecule has 2 nitrogen and oxygen atoms in total. The summed E-state index contributed by atoms with van der Waals surface area (Å²) in [5, 5.41) is 7.92. The molecule has 2 heterocycles. The first-order valence-corrected chi connectivity index (χ1v) is 18.4. The van der Waals surface area contributed by atoms with E-state index in [2.05, 4.69) is 191 Å². The molecular formula is C46H30N2Se. The van der Waals surface area contributed by atoms with E-state index in [0.29, 0.717) is 0 Å². The van der Waals surface area contributed by atoms with Crippen LogP contribution in [0.3, 0.4) is 0 Å². The molecule has 0 fully saturated rings. The zero-order valence-electron chi connectivity index (χ0n) is 26.6. The average molecular weight is 690 g/mol. The van der Waals surface area contributed by atoms with Crippen molar-refractivity contribution < 1.29 is 0 Å². The molecule has 10 rings (SSSR count). The molecule has 8 aromatic carbocycles. The van der Waals surface area contributed by atoms with Crippen molar-refractivity contribution in [3.63, 3.8) is 0 Å². The third-order valence-corrected chi connectivity index (χ3v) is 12.3. The summed E-state index contributed by atoms with van der Waals surface area (Å²) in [6, 6.07) is 66.6. The SMILES string of the molecule is c1ccc(-c2cccc(N(c3ccc4[se]c5c6ccccc6ccc5c4c3)c3ccc4c5ccccc5n(-c5ccccc5)c4c3)c2)cc1. The van der Waals surface area contributed by atoms with Gasteiger partial charge >= 0.3 is 286 Å². The molecule has 0 saturated carbocycles. The van der Waals surface area contributed by atoms with E-state index in [1.807, 2.05) is 0 Å². The molecule has 230 valence electrons. The molecule has 10 aromatic rings. The van der Waals surface area contributed by atoms with Crippen molar-refractivity contribution in [2.75, 3.05) is 4.90 Å². The van der Waals surface area contributed by atoms with Crippen molar-refractivity contribution in [1.29, 1.82) is 0 Å². The zero-order valence-corrected chi connectivity index (χ0v) is 28.3. The number of fused-ring (bicyclic) bond motifs is 8. The van der Waals surface area contributed by atoms with Crippen molar-refractivity contribution in [2.24, 2.45) is 0 Å². The summed E-state index contributed by atoms with van der Waals surface area (Å²) >= 11 is 0.262. The summed E-state index contributed by atoms with van der Waals surface area (Å²) in [5.41, 5.74) is 9.38. The van der Waals surface area contributed by atoms with Crippen LogP contribution in [-0.2, 0) is 0 Å². The van der Waals surface area contributed by atoms with Gasteiger partial charge in [-0.15, -0.1) is 0 Å². The number of para-hydroxylation sites is 2. The van der Waals surface area contributed by atoms with E-state index >= 15 is 0 Å². The molecule has 0 amide bonds. The Morgan fingerprint density at radius 2 is 1.04 bits per heavy atom. The maximum atomic E-state index is 2.44. The number of rotatable bonds is 5. The van der Waals surface area contributed by atoms with Gasteiger partial charge in [0, 0.05) is 0 Å². The van der Waals surface area contributed by atoms with Gasteiger partial charge in [0.2, 0.25) is 0 Å². The second-order valence-electron chi connectivity index (χ2n) is 12.6. The number of anilines is 3. The van der Waals surface area contributed by atoms with Crippen LogP contribution in [0.25, 0.3) is 68.7 Å². The Kier molecular flexibility index (Phi) is 6.55. The van der Waals surface area contributed by atoms with Crippen molar-refractivity contribution in [1.82, 2.24) is 4.57 Å². The van der Waals surface area contributed by atoms with Gasteiger partial charge in [0.25, 0.3) is 0 Å². The molecule has 0 aliphatic carbocycles. The van der Waals surface area contributed by atoms with Gasteiger partial charge in [-0.05, 0) is 0 Å². The number of hydrogen-bond donors (Lipinski definition) is 0. The van der Waals surface area contributed by atoms with Crippen molar-refractivity contribution in [3.05, 3.63) is 182 Å². The quantitative estimate of drug-likeness (QED) is 0.163. The van der Waals surface area contributed by atoms with Crippen LogP contribution in [0, 0.1) is 0 Å². The predicted molar refractivity (Wildman–Crippen MR) is 210 cm³/mol. The average Bonchev–Trinajstić information content (AvgIpc) is 3.71. The summed E-state index contributed by atoms with van der Waals surface area (Å²) in [7, 11) is 0. The molecule has 0 aliphatic rings. The van der Waals surface area contributed by atoms with E-state index < -0.39 is 0 Å². The van der Waals surface area contributed by atoms with E-state index in [9.17, 15) is 0 Å². The Morgan fingerprint density at radius 1 is 0.388 bits per heavy atom. The molecule has 0 bridgehead atoms. The topological polar surface area (TPSA) is 8.17 Å². The Hall–Kier alpha value is -5.86. The normalized spacial score (nSPS) is 11.7. The fourth-order valence-electron chi connectivity index (χ4n) is 7.49. The van der Waals surface area contributed by atoms with Crippen molar-refractivity contribution in [3.8, 4) is 16.8 Å². The van der Waals surface area contributed by atoms with Crippen LogP contribution in [0.4, 0.5) is 17.1 Å². The molecule has 0 atom stereocenters. The fourth-order valence-corrected chi connectivity index (χ4v) is 10.0. The Balaban J connectivity index is 1.23. The van der Waals surface area contributed by atoms with Crippen LogP contribution in [-0.4, -0.2) is 19.1 Å². The fraction of sp³-hybridized carbons (Fsp3) is 0. The molecule has 49 heavy (non-hydrogen) atoms. The first kappa shape index (κ1) is 28.2. The predicted octanol–water partition coefficient (Wildman–Crippen LogP) is 12.4. The third-order valence-electron chi connectivity index (χ3n) is 9.74. The molecule has 0 saturated heterocycles. The molecule has 0 unspecified atom stereocenters. The molecule has 0 spiro atoms. The van der Waals surface area contributed by atoms with Gasteiger partial charge in [0.05, 0.1) is 0 Å². The van der Waals surface area contributed by atoms with E-state index in [4.69, 9.17) is 0 Å². The minimum absolute atomic E-state index is 0.262. The van der Waals surface area contributed by atoms with Crippen LogP contribution in [0.15, 0.2) is 182 Å². The second-order valence-corrected chi connectivity index (χ2v) is 14.8. The molecule has 2 aromatic heterocycles. The summed E-state index contributed by atoms with van der Waals surface area (Å²) < 4.78 is 5.34. The number of aromatic nitrogens is 1. The summed E-state index contributed by atoms with van der Waals surface area (Å²) in [5.74, 6) is 0. The first-order valence-electron chi connectivity index (χ1n) is 16.7. The molecule has 3 heteroatoms. The zero-order chi connectivity index (χ0) is 32.3. The summed E-state index contributed by atoms with van der Waals surface area (Å²) in [6.45, 7) is 0. The van der Waals surface area contributed by atoms with E-state index in [1.54, 1.807) is 0 Å². The summed E-state index contributed by atoms with van der Waals surface area (Å²) in [4.78, 5) is 2.44. The van der Waals surface area contributed by atoms with Gasteiger partial charge in [-0.2, -0.15) is 0 Å². The molecule has 0 aliphatic heterocycles. The van der Waals surface area contributed by atoms with Gasteiger partial charge in [0.15, 0.2) is 0 Å². The summed E-state index contributed by atoms with van der Waals surface area (Å²) in [6.07, 6.45) is 0. The maximum absolute atomic E-state index is 2.44. The van der Waals surface area contributed by atoms with Gasteiger partial charge in [0.1, 0.15) is 0 Å². The van der Waals surface area contributed by atoms with Crippen LogP contribution >= 0.6 is 0 Å². The monoisotopic (exact) mass is 690 g/mol. The van der Waals surface area contributed by atoms with Crippen molar-refractivity contribution >= 4 is 83.4 Å². The van der Waals surface area contributed by atoms with Crippen LogP contribution in [0.1, 0.15) is 0 Å². The van der Waals surface area contributed by atoms with Crippen LogP contribution in [0.2, 0.25) is 0 Å². The number of nitrogens with zero attached hydrogens (tertiary/aromatic N) is 2. The Labute approximate surface area is 290 Å². The standard InChI is InChI=1S/C46H30N2Se/c1-3-12-31(13-4-1)33-15-11-18-35(28-33)47(36-24-27-45-42(29-36)41-25-22-32-14-7-8-19-38(32)46(41)49-45)37-23-26-40-39-20-9-10-21-43(39)48(44(40)30-37)34-16-5-2-6-17-34/h1-30H. The van der Waals surface area contributed by atoms with Gasteiger partial charge in [-0.25, -0.2) is 0 Å². The Morgan fingerprint density at radius 3 is 1.92 bits per heavy atom. The second kappa shape index (κ2) is 11.4. The van der Waals surface area contributed by atoms with E-state index in [-0.39, 0.29) is 14.5 Å². The first-order chi connectivity index (χ1) is 24.3. The van der Waals surface area contributed by atoms with Crippen LogP contribution in [0.5, 0.6) is 0 Å². The molecule has 0 radical (unpaired) electrons.